The minimum absolute atomic E-state index is 0.0487. The predicted octanol–water partition coefficient (Wildman–Crippen LogP) is -0.214. The Balaban J connectivity index is 1.96. The third-order valence-corrected chi connectivity index (χ3v) is 3.87. The number of carboxylic acid groups (broad SMARTS) is 1. The summed E-state index contributed by atoms with van der Waals surface area (Å²) in [5, 5.41) is 21.0. The van der Waals surface area contributed by atoms with Gasteiger partial charge in [0.05, 0.1) is 37.8 Å². The first kappa shape index (κ1) is 14.1. The van der Waals surface area contributed by atoms with E-state index in [1.807, 2.05) is 0 Å². The van der Waals surface area contributed by atoms with Gasteiger partial charge in [0.25, 0.3) is 0 Å². The van der Waals surface area contributed by atoms with Gasteiger partial charge in [0.15, 0.2) is 0 Å². The predicted molar refractivity (Wildman–Crippen MR) is 65.8 cm³/mol. The number of morpholine rings is 1. The van der Waals surface area contributed by atoms with Crippen molar-refractivity contribution >= 4 is 12.0 Å². The fraction of sp³-hybridized carbons (Fsp3) is 0.833. The molecule has 0 aromatic heterocycles. The standard InChI is InChI=1S/C12H20N2O5/c15-7-9-8-19-5-4-14(9)11(18)13-12(2-1-3-12)6-10(16)17/h9,15H,1-8H2,(H,13,18)(H,16,17). The Labute approximate surface area is 111 Å². The summed E-state index contributed by atoms with van der Waals surface area (Å²) < 4.78 is 5.21. The molecule has 2 rings (SSSR count). The van der Waals surface area contributed by atoms with Crippen molar-refractivity contribution in [3.05, 3.63) is 0 Å². The van der Waals surface area contributed by atoms with Gasteiger partial charge in [-0.15, -0.1) is 0 Å². The highest BCUT2D eigenvalue weighted by molar-refractivity contribution is 5.77. The van der Waals surface area contributed by atoms with Crippen molar-refractivity contribution in [3.63, 3.8) is 0 Å². The van der Waals surface area contributed by atoms with E-state index in [4.69, 9.17) is 9.84 Å². The number of aliphatic carboxylic acids is 1. The molecule has 0 spiro atoms. The molecule has 1 aliphatic heterocycles. The Morgan fingerprint density at radius 1 is 1.42 bits per heavy atom. The number of carboxylic acids is 1. The number of ether oxygens (including phenoxy) is 1. The van der Waals surface area contributed by atoms with Crippen LogP contribution >= 0.6 is 0 Å². The van der Waals surface area contributed by atoms with Crippen LogP contribution in [0.4, 0.5) is 4.79 Å². The van der Waals surface area contributed by atoms with Crippen LogP contribution in [-0.2, 0) is 9.53 Å². The third-order valence-electron chi connectivity index (χ3n) is 3.87. The van der Waals surface area contributed by atoms with Crippen LogP contribution in [0, 0.1) is 0 Å². The molecule has 0 aromatic rings. The van der Waals surface area contributed by atoms with Gasteiger partial charge in [0.1, 0.15) is 0 Å². The van der Waals surface area contributed by atoms with Crippen LogP contribution in [0.5, 0.6) is 0 Å². The number of urea groups is 1. The SMILES string of the molecule is O=C(O)CC1(NC(=O)N2CCOCC2CO)CCC1. The summed E-state index contributed by atoms with van der Waals surface area (Å²) in [7, 11) is 0. The van der Waals surface area contributed by atoms with E-state index < -0.39 is 11.5 Å². The van der Waals surface area contributed by atoms with Gasteiger partial charge in [0, 0.05) is 6.54 Å². The summed E-state index contributed by atoms with van der Waals surface area (Å²) in [5.74, 6) is -0.902. The summed E-state index contributed by atoms with van der Waals surface area (Å²) in [6.45, 7) is 1.02. The first-order valence-electron chi connectivity index (χ1n) is 6.55. The van der Waals surface area contributed by atoms with Crippen molar-refractivity contribution in [3.8, 4) is 0 Å². The van der Waals surface area contributed by atoms with Crippen molar-refractivity contribution in [2.75, 3.05) is 26.4 Å². The number of aliphatic hydroxyl groups is 1. The summed E-state index contributed by atoms with van der Waals surface area (Å²) in [6.07, 6.45) is 2.27. The van der Waals surface area contributed by atoms with Crippen molar-refractivity contribution in [1.29, 1.82) is 0 Å². The molecule has 0 bridgehead atoms. The molecule has 3 N–H and O–H groups in total. The molecule has 0 radical (unpaired) electrons. The minimum Gasteiger partial charge on any atom is -0.481 e. The number of nitrogens with one attached hydrogen (secondary N) is 1. The molecule has 1 atom stereocenters. The number of amides is 2. The number of nitrogens with zero attached hydrogens (tertiary/aromatic N) is 1. The molecule has 1 saturated heterocycles. The van der Waals surface area contributed by atoms with Gasteiger partial charge >= 0.3 is 12.0 Å². The highest BCUT2D eigenvalue weighted by Crippen LogP contribution is 2.35. The molecule has 1 aliphatic carbocycles. The van der Waals surface area contributed by atoms with Gasteiger partial charge in [-0.05, 0) is 19.3 Å². The maximum Gasteiger partial charge on any atom is 0.318 e. The monoisotopic (exact) mass is 272 g/mol. The maximum atomic E-state index is 12.2. The minimum atomic E-state index is -0.902. The van der Waals surface area contributed by atoms with E-state index in [9.17, 15) is 14.7 Å². The Morgan fingerprint density at radius 2 is 2.16 bits per heavy atom. The smallest absolute Gasteiger partial charge is 0.318 e. The van der Waals surface area contributed by atoms with Gasteiger partial charge in [-0.1, -0.05) is 0 Å². The molecule has 108 valence electrons. The molecule has 7 nitrogen and oxygen atoms in total. The van der Waals surface area contributed by atoms with Gasteiger partial charge in [-0.3, -0.25) is 4.79 Å². The van der Waals surface area contributed by atoms with Crippen LogP contribution in [0.3, 0.4) is 0 Å². The highest BCUT2D eigenvalue weighted by Gasteiger charge is 2.42. The fourth-order valence-electron chi connectivity index (χ4n) is 2.61. The Morgan fingerprint density at radius 3 is 2.68 bits per heavy atom. The van der Waals surface area contributed by atoms with Gasteiger partial charge < -0.3 is 25.2 Å². The second-order valence-corrected chi connectivity index (χ2v) is 5.24. The summed E-state index contributed by atoms with van der Waals surface area (Å²) in [4.78, 5) is 24.6. The number of rotatable bonds is 4. The lowest BCUT2D eigenvalue weighted by Crippen LogP contribution is -2.61. The fourth-order valence-corrected chi connectivity index (χ4v) is 2.61. The molecule has 2 amide bonds. The number of hydrogen-bond acceptors (Lipinski definition) is 4. The second-order valence-electron chi connectivity index (χ2n) is 5.24. The zero-order valence-corrected chi connectivity index (χ0v) is 10.8. The zero-order chi connectivity index (χ0) is 13.9. The average molecular weight is 272 g/mol. The summed E-state index contributed by atoms with van der Waals surface area (Å²) in [6, 6.07) is -0.654. The molecule has 1 saturated carbocycles. The lowest BCUT2D eigenvalue weighted by atomic mass is 9.74. The first-order valence-corrected chi connectivity index (χ1v) is 6.55. The van der Waals surface area contributed by atoms with Crippen LogP contribution in [0.15, 0.2) is 0 Å². The van der Waals surface area contributed by atoms with Crippen LogP contribution < -0.4 is 5.32 Å². The Bertz CT molecular complexity index is 356. The van der Waals surface area contributed by atoms with Crippen molar-refractivity contribution in [2.45, 2.75) is 37.3 Å². The molecule has 7 heteroatoms. The van der Waals surface area contributed by atoms with E-state index in [-0.39, 0.29) is 25.1 Å². The lowest BCUT2D eigenvalue weighted by Gasteiger charge is -2.44. The number of carbonyl (C=O) groups is 2. The van der Waals surface area contributed by atoms with Crippen molar-refractivity contribution in [2.24, 2.45) is 0 Å². The largest absolute Gasteiger partial charge is 0.481 e. The topological polar surface area (TPSA) is 99.1 Å². The number of carbonyl (C=O) groups excluding carboxylic acids is 1. The van der Waals surface area contributed by atoms with Gasteiger partial charge in [-0.2, -0.15) is 0 Å². The van der Waals surface area contributed by atoms with E-state index in [0.717, 1.165) is 6.42 Å². The quantitative estimate of drug-likeness (QED) is 0.657. The van der Waals surface area contributed by atoms with Crippen molar-refractivity contribution < 1.29 is 24.5 Å². The second kappa shape index (κ2) is 5.75. The van der Waals surface area contributed by atoms with E-state index in [2.05, 4.69) is 5.32 Å². The van der Waals surface area contributed by atoms with Crippen molar-refractivity contribution in [1.82, 2.24) is 10.2 Å². The summed E-state index contributed by atoms with van der Waals surface area (Å²) >= 11 is 0. The molecular weight excluding hydrogens is 252 g/mol. The lowest BCUT2D eigenvalue weighted by molar-refractivity contribution is -0.139. The molecule has 0 aromatic carbocycles. The zero-order valence-electron chi connectivity index (χ0n) is 10.8. The van der Waals surface area contributed by atoms with Crippen LogP contribution in [0.2, 0.25) is 0 Å². The van der Waals surface area contributed by atoms with E-state index >= 15 is 0 Å². The molecular formula is C12H20N2O5. The van der Waals surface area contributed by atoms with E-state index in [0.29, 0.717) is 32.6 Å². The number of aliphatic hydroxyl groups excluding tert-OH is 1. The molecule has 1 heterocycles. The van der Waals surface area contributed by atoms with E-state index in [1.165, 1.54) is 4.90 Å². The van der Waals surface area contributed by atoms with Gasteiger partial charge in [0.2, 0.25) is 0 Å². The van der Waals surface area contributed by atoms with E-state index in [1.54, 1.807) is 0 Å². The van der Waals surface area contributed by atoms with Crippen LogP contribution in [0.25, 0.3) is 0 Å². The Kier molecular flexibility index (Phi) is 4.26. The third kappa shape index (κ3) is 3.16. The average Bonchev–Trinajstić information content (AvgIpc) is 2.35. The maximum absolute atomic E-state index is 12.2. The van der Waals surface area contributed by atoms with Crippen LogP contribution in [-0.4, -0.2) is 65.1 Å². The Hall–Kier alpha value is -1.34. The molecule has 2 aliphatic rings. The molecule has 1 unspecified atom stereocenters. The van der Waals surface area contributed by atoms with Gasteiger partial charge in [-0.25, -0.2) is 4.79 Å². The normalized spacial score (nSPS) is 25.5. The van der Waals surface area contributed by atoms with Crippen LogP contribution in [0.1, 0.15) is 25.7 Å². The number of hydrogen-bond donors (Lipinski definition) is 3. The highest BCUT2D eigenvalue weighted by atomic mass is 16.5. The molecule has 2 fully saturated rings. The molecule has 19 heavy (non-hydrogen) atoms. The summed E-state index contributed by atoms with van der Waals surface area (Å²) in [5.41, 5.74) is -0.610. The first-order chi connectivity index (χ1) is 9.06.